The fourth-order valence-electron chi connectivity index (χ4n) is 3.98. The highest BCUT2D eigenvalue weighted by molar-refractivity contribution is 7.91. The third kappa shape index (κ3) is 4.45. The molecule has 0 unspecified atom stereocenters. The van der Waals surface area contributed by atoms with Crippen LogP contribution >= 0.6 is 11.3 Å². The molecule has 0 radical (unpaired) electrons. The highest BCUT2D eigenvalue weighted by Gasteiger charge is 2.36. The van der Waals surface area contributed by atoms with Crippen LogP contribution in [0.4, 0.5) is 0 Å². The standard InChI is InChI=1S/C21H27N3O4S2/c1-17-7-8-19(29-17)30(26,27)24-11-9-22(10-12-24)20(18-5-3-2-4-6-18)21(25)23-13-15-28-16-14-23/h2-8,20H,9-16H2,1H3/t20-/m0/s1. The van der Waals surface area contributed by atoms with Crippen molar-refractivity contribution in [3.05, 3.63) is 52.9 Å². The zero-order chi connectivity index (χ0) is 21.1. The number of thiophene rings is 1. The van der Waals surface area contributed by atoms with E-state index in [0.29, 0.717) is 56.7 Å². The summed E-state index contributed by atoms with van der Waals surface area (Å²) < 4.78 is 33.2. The maximum atomic E-state index is 13.4. The molecule has 1 aromatic heterocycles. The van der Waals surface area contributed by atoms with E-state index in [0.717, 1.165) is 10.4 Å². The summed E-state index contributed by atoms with van der Waals surface area (Å²) in [6, 6.07) is 12.9. The number of piperazine rings is 1. The van der Waals surface area contributed by atoms with Crippen LogP contribution in [0.15, 0.2) is 46.7 Å². The zero-order valence-electron chi connectivity index (χ0n) is 17.1. The fourth-order valence-corrected chi connectivity index (χ4v) is 6.84. The maximum absolute atomic E-state index is 13.4. The molecule has 9 heteroatoms. The third-order valence-corrected chi connectivity index (χ3v) is 8.99. The highest BCUT2D eigenvalue weighted by atomic mass is 32.2. The minimum atomic E-state index is -3.48. The molecule has 3 heterocycles. The number of carbonyl (C=O) groups is 1. The summed E-state index contributed by atoms with van der Waals surface area (Å²) in [5.41, 5.74) is 0.944. The predicted molar refractivity (Wildman–Crippen MR) is 116 cm³/mol. The Bertz CT molecular complexity index is 963. The van der Waals surface area contributed by atoms with Crippen molar-refractivity contribution in [1.82, 2.24) is 14.1 Å². The van der Waals surface area contributed by atoms with Gasteiger partial charge < -0.3 is 9.64 Å². The molecule has 0 N–H and O–H groups in total. The number of rotatable bonds is 5. The van der Waals surface area contributed by atoms with Crippen molar-refractivity contribution in [3.8, 4) is 0 Å². The van der Waals surface area contributed by atoms with E-state index in [9.17, 15) is 13.2 Å². The molecule has 7 nitrogen and oxygen atoms in total. The lowest BCUT2D eigenvalue weighted by Gasteiger charge is -2.40. The van der Waals surface area contributed by atoms with Gasteiger partial charge in [0.2, 0.25) is 5.91 Å². The molecule has 2 aliphatic heterocycles. The normalized spacial score (nSPS) is 20.2. The molecule has 4 rings (SSSR count). The van der Waals surface area contributed by atoms with Crippen molar-refractivity contribution < 1.29 is 17.9 Å². The number of ether oxygens (including phenoxy) is 1. The lowest BCUT2D eigenvalue weighted by molar-refractivity contribution is -0.142. The SMILES string of the molecule is Cc1ccc(S(=O)(=O)N2CCN([C@H](C(=O)N3CCOCC3)c3ccccc3)CC2)s1. The third-order valence-electron chi connectivity index (χ3n) is 5.62. The van der Waals surface area contributed by atoms with Crippen LogP contribution in [0.25, 0.3) is 0 Å². The van der Waals surface area contributed by atoms with Gasteiger partial charge in [-0.2, -0.15) is 4.31 Å². The largest absolute Gasteiger partial charge is 0.378 e. The fraction of sp³-hybridized carbons (Fsp3) is 0.476. The minimum Gasteiger partial charge on any atom is -0.378 e. The average molecular weight is 450 g/mol. The first-order chi connectivity index (χ1) is 14.5. The van der Waals surface area contributed by atoms with E-state index < -0.39 is 16.1 Å². The molecule has 2 aliphatic rings. The van der Waals surface area contributed by atoms with Gasteiger partial charge in [-0.15, -0.1) is 11.3 Å². The van der Waals surface area contributed by atoms with Gasteiger partial charge in [0.05, 0.1) is 13.2 Å². The van der Waals surface area contributed by atoms with Crippen molar-refractivity contribution in [1.29, 1.82) is 0 Å². The molecular weight excluding hydrogens is 422 g/mol. The Hall–Kier alpha value is -1.78. The van der Waals surface area contributed by atoms with Gasteiger partial charge in [-0.3, -0.25) is 9.69 Å². The molecule has 1 atom stereocenters. The number of nitrogens with zero attached hydrogens (tertiary/aromatic N) is 3. The van der Waals surface area contributed by atoms with Crippen LogP contribution in [0.2, 0.25) is 0 Å². The first kappa shape index (κ1) is 21.5. The van der Waals surface area contributed by atoms with Crippen LogP contribution in [0, 0.1) is 6.92 Å². The Morgan fingerprint density at radius 3 is 2.23 bits per heavy atom. The number of morpholine rings is 1. The van der Waals surface area contributed by atoms with E-state index >= 15 is 0 Å². The van der Waals surface area contributed by atoms with Gasteiger partial charge in [0.1, 0.15) is 10.3 Å². The molecule has 0 saturated carbocycles. The van der Waals surface area contributed by atoms with Gasteiger partial charge in [0, 0.05) is 44.1 Å². The van der Waals surface area contributed by atoms with E-state index in [-0.39, 0.29) is 5.91 Å². The van der Waals surface area contributed by atoms with Gasteiger partial charge in [-0.25, -0.2) is 8.42 Å². The quantitative estimate of drug-likeness (QED) is 0.698. The van der Waals surface area contributed by atoms with Gasteiger partial charge in [-0.1, -0.05) is 30.3 Å². The first-order valence-electron chi connectivity index (χ1n) is 10.2. The Morgan fingerprint density at radius 2 is 1.63 bits per heavy atom. The summed E-state index contributed by atoms with van der Waals surface area (Å²) in [5, 5.41) is 0. The van der Waals surface area contributed by atoms with E-state index in [2.05, 4.69) is 4.90 Å². The molecule has 1 aromatic carbocycles. The summed E-state index contributed by atoms with van der Waals surface area (Å²) in [5.74, 6) is 0.0645. The van der Waals surface area contributed by atoms with Crippen molar-refractivity contribution >= 4 is 27.3 Å². The second kappa shape index (κ2) is 9.15. The van der Waals surface area contributed by atoms with E-state index in [1.165, 1.54) is 15.6 Å². The van der Waals surface area contributed by atoms with Crippen LogP contribution < -0.4 is 0 Å². The zero-order valence-corrected chi connectivity index (χ0v) is 18.7. The van der Waals surface area contributed by atoms with E-state index in [4.69, 9.17) is 4.74 Å². The smallest absolute Gasteiger partial charge is 0.252 e. The van der Waals surface area contributed by atoms with Crippen molar-refractivity contribution in [3.63, 3.8) is 0 Å². The number of hydrogen-bond donors (Lipinski definition) is 0. The van der Waals surface area contributed by atoms with Crippen LogP contribution in [0.5, 0.6) is 0 Å². The van der Waals surface area contributed by atoms with Gasteiger partial charge >= 0.3 is 0 Å². The van der Waals surface area contributed by atoms with Crippen LogP contribution in [-0.4, -0.2) is 80.9 Å². The molecule has 1 amide bonds. The average Bonchev–Trinajstić information content (AvgIpc) is 3.23. The second-order valence-electron chi connectivity index (χ2n) is 7.56. The summed E-state index contributed by atoms with van der Waals surface area (Å²) in [7, 11) is -3.48. The lowest BCUT2D eigenvalue weighted by atomic mass is 10.0. The monoisotopic (exact) mass is 449 g/mol. The number of carbonyl (C=O) groups excluding carboxylic acids is 1. The Morgan fingerprint density at radius 1 is 0.967 bits per heavy atom. The number of aryl methyl sites for hydroxylation is 1. The molecule has 0 bridgehead atoms. The summed E-state index contributed by atoms with van der Waals surface area (Å²) in [6.45, 7) is 5.97. The van der Waals surface area contributed by atoms with Gasteiger partial charge in [0.25, 0.3) is 10.0 Å². The predicted octanol–water partition coefficient (Wildman–Crippen LogP) is 1.96. The van der Waals surface area contributed by atoms with E-state index in [1.807, 2.05) is 48.2 Å². The number of hydrogen-bond acceptors (Lipinski definition) is 6. The summed E-state index contributed by atoms with van der Waals surface area (Å²) >= 11 is 1.30. The molecule has 2 saturated heterocycles. The topological polar surface area (TPSA) is 70.2 Å². The summed E-state index contributed by atoms with van der Waals surface area (Å²) in [4.78, 5) is 18.3. The second-order valence-corrected chi connectivity index (χ2v) is 11.0. The Labute approximate surface area is 181 Å². The number of benzene rings is 1. The molecule has 162 valence electrons. The van der Waals surface area contributed by atoms with Crippen LogP contribution in [0.1, 0.15) is 16.5 Å². The minimum absolute atomic E-state index is 0.0645. The summed E-state index contributed by atoms with van der Waals surface area (Å²) in [6.07, 6.45) is 0. The number of amides is 1. The molecule has 0 spiro atoms. The van der Waals surface area contributed by atoms with Crippen molar-refractivity contribution in [2.75, 3.05) is 52.5 Å². The Kier molecular flexibility index (Phi) is 6.54. The van der Waals surface area contributed by atoms with Crippen molar-refractivity contribution in [2.24, 2.45) is 0 Å². The Balaban J connectivity index is 1.51. The highest BCUT2D eigenvalue weighted by Crippen LogP contribution is 2.29. The van der Waals surface area contributed by atoms with E-state index in [1.54, 1.807) is 6.07 Å². The molecule has 2 aromatic rings. The number of sulfonamides is 1. The maximum Gasteiger partial charge on any atom is 0.252 e. The van der Waals surface area contributed by atoms with Crippen LogP contribution in [0.3, 0.4) is 0 Å². The van der Waals surface area contributed by atoms with Crippen LogP contribution in [-0.2, 0) is 19.6 Å². The molecule has 0 aliphatic carbocycles. The molecular formula is C21H27N3O4S2. The lowest BCUT2D eigenvalue weighted by Crippen LogP contribution is -2.53. The van der Waals surface area contributed by atoms with Crippen molar-refractivity contribution in [2.45, 2.75) is 17.2 Å². The molecule has 2 fully saturated rings. The molecule has 30 heavy (non-hydrogen) atoms. The van der Waals surface area contributed by atoms with Gasteiger partial charge in [0.15, 0.2) is 0 Å². The first-order valence-corrected chi connectivity index (χ1v) is 12.4. The van der Waals surface area contributed by atoms with Gasteiger partial charge in [-0.05, 0) is 24.6 Å².